The van der Waals surface area contributed by atoms with E-state index < -0.39 is 23.1 Å². The van der Waals surface area contributed by atoms with E-state index in [-0.39, 0.29) is 0 Å². The van der Waals surface area contributed by atoms with Crippen molar-refractivity contribution < 1.29 is 18.3 Å². The first-order valence-corrected chi connectivity index (χ1v) is 9.45. The Morgan fingerprint density at radius 3 is 2.57 bits per heavy atom. The minimum atomic E-state index is -0.947. The Balaban J connectivity index is 1.95. The molecule has 0 fully saturated rings. The van der Waals surface area contributed by atoms with Crippen molar-refractivity contribution in [1.29, 1.82) is 0 Å². The summed E-state index contributed by atoms with van der Waals surface area (Å²) in [5.41, 5.74) is 0.240. The van der Waals surface area contributed by atoms with E-state index in [0.29, 0.717) is 18.0 Å². The Morgan fingerprint density at radius 2 is 1.82 bits per heavy atom. The second-order valence-electron chi connectivity index (χ2n) is 6.18. The molecule has 1 heterocycles. The minimum absolute atomic E-state index is 0.371. The van der Waals surface area contributed by atoms with Crippen LogP contribution in [0.3, 0.4) is 0 Å². The number of aromatic nitrogens is 1. The molecule has 0 N–H and O–H groups in total. The van der Waals surface area contributed by atoms with Crippen molar-refractivity contribution >= 4 is 38.2 Å². The van der Waals surface area contributed by atoms with Crippen molar-refractivity contribution in [2.24, 2.45) is 4.99 Å². The summed E-state index contributed by atoms with van der Waals surface area (Å²) in [6.45, 7) is 0.870. The van der Waals surface area contributed by atoms with Crippen LogP contribution in [-0.2, 0) is 11.3 Å². The number of nitrogens with zero attached hydrogens (tertiary/aromatic N) is 2. The Bertz CT molecular complexity index is 1240. The molecule has 0 spiro atoms. The highest BCUT2D eigenvalue weighted by molar-refractivity contribution is 7.17. The number of carbonyl (C=O) groups excluding carboxylic acids is 1. The van der Waals surface area contributed by atoms with Crippen molar-refractivity contribution in [3.8, 4) is 0 Å². The topological polar surface area (TPSA) is 43.6 Å². The first-order valence-electron chi connectivity index (χ1n) is 8.63. The van der Waals surface area contributed by atoms with Crippen molar-refractivity contribution in [1.82, 2.24) is 4.57 Å². The first-order chi connectivity index (χ1) is 13.6. The fourth-order valence-corrected chi connectivity index (χ4v) is 4.32. The maximum atomic E-state index is 14.0. The van der Waals surface area contributed by atoms with Crippen LogP contribution in [-0.4, -0.2) is 24.2 Å². The standard InChI is InChI=1S/C21H16F2N2O2S/c1-27-12-11-25-17-10-9-13-5-2-3-6-14(13)19(17)28-21(25)24-20(26)18-15(22)7-4-8-16(18)23/h2-10H,11-12H2,1H3. The monoisotopic (exact) mass is 398 g/mol. The molecule has 0 atom stereocenters. The number of fused-ring (bicyclic) bond motifs is 3. The third-order valence-electron chi connectivity index (χ3n) is 4.47. The van der Waals surface area contributed by atoms with Gasteiger partial charge in [0.25, 0.3) is 5.91 Å². The number of rotatable bonds is 4. The Morgan fingerprint density at radius 1 is 1.07 bits per heavy atom. The number of amides is 1. The molecule has 4 rings (SSSR count). The summed E-state index contributed by atoms with van der Waals surface area (Å²) in [6.07, 6.45) is 0. The molecule has 28 heavy (non-hydrogen) atoms. The molecule has 0 bridgehead atoms. The zero-order valence-electron chi connectivity index (χ0n) is 15.0. The Kier molecular flexibility index (Phi) is 5.02. The van der Waals surface area contributed by atoms with Gasteiger partial charge in [0, 0.05) is 19.0 Å². The highest BCUT2D eigenvalue weighted by Gasteiger charge is 2.17. The van der Waals surface area contributed by atoms with Crippen LogP contribution in [0.2, 0.25) is 0 Å². The van der Waals surface area contributed by atoms with Gasteiger partial charge in [-0.05, 0) is 23.6 Å². The van der Waals surface area contributed by atoms with E-state index in [4.69, 9.17) is 4.74 Å². The van der Waals surface area contributed by atoms with Crippen molar-refractivity contribution in [3.05, 3.63) is 76.6 Å². The van der Waals surface area contributed by atoms with E-state index >= 15 is 0 Å². The summed E-state index contributed by atoms with van der Waals surface area (Å²) in [6, 6.07) is 15.2. The van der Waals surface area contributed by atoms with E-state index in [0.717, 1.165) is 33.1 Å². The molecule has 0 aliphatic carbocycles. The van der Waals surface area contributed by atoms with E-state index in [1.807, 2.05) is 41.0 Å². The van der Waals surface area contributed by atoms with E-state index in [1.165, 1.54) is 17.4 Å². The van der Waals surface area contributed by atoms with Crippen molar-refractivity contribution in [2.45, 2.75) is 6.54 Å². The lowest BCUT2D eigenvalue weighted by Crippen LogP contribution is -2.20. The maximum absolute atomic E-state index is 14.0. The van der Waals surface area contributed by atoms with Crippen LogP contribution >= 0.6 is 11.3 Å². The van der Waals surface area contributed by atoms with Gasteiger partial charge in [-0.1, -0.05) is 47.7 Å². The molecule has 1 aromatic heterocycles. The number of methoxy groups -OCH3 is 1. The van der Waals surface area contributed by atoms with Crippen LogP contribution in [0, 0.1) is 11.6 Å². The molecule has 0 aliphatic rings. The molecule has 1 amide bonds. The number of ether oxygens (including phenoxy) is 1. The molecule has 0 saturated carbocycles. The van der Waals surface area contributed by atoms with Crippen LogP contribution in [0.15, 0.2) is 59.6 Å². The summed E-state index contributed by atoms with van der Waals surface area (Å²) < 4.78 is 35.9. The largest absolute Gasteiger partial charge is 0.383 e. The van der Waals surface area contributed by atoms with Crippen LogP contribution in [0.4, 0.5) is 8.78 Å². The van der Waals surface area contributed by atoms with Crippen molar-refractivity contribution in [3.63, 3.8) is 0 Å². The Hall–Kier alpha value is -2.90. The molecule has 3 aromatic carbocycles. The summed E-state index contributed by atoms with van der Waals surface area (Å²) >= 11 is 1.31. The maximum Gasteiger partial charge on any atom is 0.285 e. The molecule has 0 aliphatic heterocycles. The summed E-state index contributed by atoms with van der Waals surface area (Å²) in [4.78, 5) is 17.0. The summed E-state index contributed by atoms with van der Waals surface area (Å²) in [5.74, 6) is -2.80. The molecule has 4 aromatic rings. The highest BCUT2D eigenvalue weighted by atomic mass is 32.1. The van der Waals surface area contributed by atoms with Gasteiger partial charge in [0.15, 0.2) is 4.80 Å². The van der Waals surface area contributed by atoms with Crippen LogP contribution in [0.25, 0.3) is 21.0 Å². The van der Waals surface area contributed by atoms with Gasteiger partial charge >= 0.3 is 0 Å². The van der Waals surface area contributed by atoms with Gasteiger partial charge in [-0.25, -0.2) is 8.78 Å². The van der Waals surface area contributed by atoms with Crippen LogP contribution in [0.5, 0.6) is 0 Å². The molecule has 0 radical (unpaired) electrons. The molecular formula is C21H16F2N2O2S. The third kappa shape index (κ3) is 3.23. The quantitative estimate of drug-likeness (QED) is 0.507. The average molecular weight is 398 g/mol. The molecule has 4 nitrogen and oxygen atoms in total. The van der Waals surface area contributed by atoms with E-state index in [2.05, 4.69) is 4.99 Å². The zero-order valence-corrected chi connectivity index (χ0v) is 15.8. The molecule has 142 valence electrons. The zero-order chi connectivity index (χ0) is 19.7. The SMILES string of the molecule is COCCn1c(=NC(=O)c2c(F)cccc2F)sc2c3ccccc3ccc21. The second kappa shape index (κ2) is 7.61. The van der Waals surface area contributed by atoms with Gasteiger partial charge < -0.3 is 9.30 Å². The second-order valence-corrected chi connectivity index (χ2v) is 7.16. The van der Waals surface area contributed by atoms with E-state index in [9.17, 15) is 13.6 Å². The van der Waals surface area contributed by atoms with Crippen LogP contribution < -0.4 is 4.80 Å². The molecule has 0 unspecified atom stereocenters. The van der Waals surface area contributed by atoms with Gasteiger partial charge in [-0.2, -0.15) is 4.99 Å². The highest BCUT2D eigenvalue weighted by Crippen LogP contribution is 2.27. The average Bonchev–Trinajstić information content (AvgIpc) is 3.03. The smallest absolute Gasteiger partial charge is 0.285 e. The predicted octanol–water partition coefficient (Wildman–Crippen LogP) is 4.52. The first kappa shape index (κ1) is 18.5. The lowest BCUT2D eigenvalue weighted by atomic mass is 10.1. The van der Waals surface area contributed by atoms with Gasteiger partial charge in [0.1, 0.15) is 17.2 Å². The predicted molar refractivity (Wildman–Crippen MR) is 105 cm³/mol. The number of hydrogen-bond donors (Lipinski definition) is 0. The molecular weight excluding hydrogens is 382 g/mol. The minimum Gasteiger partial charge on any atom is -0.383 e. The lowest BCUT2D eigenvalue weighted by molar-refractivity contribution is 0.0989. The number of benzene rings is 3. The third-order valence-corrected chi connectivity index (χ3v) is 5.59. The normalized spacial score (nSPS) is 12.2. The summed E-state index contributed by atoms with van der Waals surface area (Å²) in [7, 11) is 1.58. The van der Waals surface area contributed by atoms with Crippen molar-refractivity contribution in [2.75, 3.05) is 13.7 Å². The fourth-order valence-electron chi connectivity index (χ4n) is 3.13. The van der Waals surface area contributed by atoms with Gasteiger partial charge in [-0.3, -0.25) is 4.79 Å². The fraction of sp³-hybridized carbons (Fsp3) is 0.143. The van der Waals surface area contributed by atoms with Gasteiger partial charge in [0.05, 0.1) is 16.8 Å². The number of hydrogen-bond acceptors (Lipinski definition) is 3. The lowest BCUT2D eigenvalue weighted by Gasteiger charge is -2.05. The number of carbonyl (C=O) groups is 1. The van der Waals surface area contributed by atoms with E-state index in [1.54, 1.807) is 7.11 Å². The van der Waals surface area contributed by atoms with Gasteiger partial charge in [-0.15, -0.1) is 0 Å². The molecule has 7 heteroatoms. The van der Waals surface area contributed by atoms with Gasteiger partial charge in [0.2, 0.25) is 0 Å². The molecule has 0 saturated heterocycles. The number of halogens is 2. The van der Waals surface area contributed by atoms with Crippen LogP contribution in [0.1, 0.15) is 10.4 Å². The summed E-state index contributed by atoms with van der Waals surface area (Å²) in [5, 5.41) is 2.09. The number of thiazole rings is 1. The Labute approximate surface area is 163 Å².